The van der Waals surface area contributed by atoms with Crippen LogP contribution in [-0.4, -0.2) is 4.57 Å². The summed E-state index contributed by atoms with van der Waals surface area (Å²) in [6, 6.07) is 10.5. The Morgan fingerprint density at radius 3 is 2.57 bits per heavy atom. The van der Waals surface area contributed by atoms with Gasteiger partial charge in [0, 0.05) is 4.47 Å². The lowest BCUT2D eigenvalue weighted by atomic mass is 10.2. The largest absolute Gasteiger partial charge is 0.427 e. The van der Waals surface area contributed by atoms with Crippen molar-refractivity contribution in [3.8, 4) is 5.69 Å². The summed E-state index contributed by atoms with van der Waals surface area (Å²) in [7, 11) is 0. The fourth-order valence-electron chi connectivity index (χ4n) is 2.15. The van der Waals surface area contributed by atoms with Crippen LogP contribution in [0.3, 0.4) is 0 Å². The van der Waals surface area contributed by atoms with Gasteiger partial charge in [-0.3, -0.25) is 4.79 Å². The monoisotopic (exact) mass is 409 g/mol. The quantitative estimate of drug-likeness (QED) is 0.613. The van der Waals surface area contributed by atoms with Crippen molar-refractivity contribution in [2.75, 3.05) is 0 Å². The maximum absolute atomic E-state index is 12.6. The van der Waals surface area contributed by atoms with Crippen LogP contribution in [0.25, 0.3) is 16.7 Å². The zero-order valence-corrected chi connectivity index (χ0v) is 14.1. The Bertz CT molecular complexity index is 973. The normalized spacial score (nSPS) is 11.0. The molecule has 106 valence electrons. The Balaban J connectivity index is 2.45. The van der Waals surface area contributed by atoms with E-state index in [4.69, 9.17) is 4.42 Å². The summed E-state index contributed by atoms with van der Waals surface area (Å²) >= 11 is 6.63. The second-order valence-corrected chi connectivity index (χ2v) is 6.38. The van der Waals surface area contributed by atoms with E-state index in [9.17, 15) is 9.59 Å². The van der Waals surface area contributed by atoms with Crippen LogP contribution in [0.4, 0.5) is 0 Å². The molecule has 0 spiro atoms. The Labute approximate surface area is 136 Å². The molecule has 0 N–H and O–H groups in total. The summed E-state index contributed by atoms with van der Waals surface area (Å²) in [6.45, 7) is 1.89. The first-order valence-electron chi connectivity index (χ1n) is 6.09. The van der Waals surface area contributed by atoms with Gasteiger partial charge in [0.05, 0.1) is 15.5 Å². The zero-order chi connectivity index (χ0) is 15.1. The van der Waals surface area contributed by atoms with Gasteiger partial charge in [-0.2, -0.15) is 0 Å². The third-order valence-corrected chi connectivity index (χ3v) is 4.12. The van der Waals surface area contributed by atoms with Crippen LogP contribution < -0.4 is 11.3 Å². The van der Waals surface area contributed by atoms with Gasteiger partial charge in [0.15, 0.2) is 5.58 Å². The third kappa shape index (κ3) is 2.49. The van der Waals surface area contributed by atoms with Gasteiger partial charge in [0.1, 0.15) is 0 Å². The molecule has 0 aliphatic heterocycles. The predicted molar refractivity (Wildman–Crippen MR) is 88.2 cm³/mol. The van der Waals surface area contributed by atoms with Crippen LogP contribution in [0.5, 0.6) is 0 Å². The van der Waals surface area contributed by atoms with Crippen LogP contribution in [0, 0.1) is 6.92 Å². The Morgan fingerprint density at radius 1 is 1.10 bits per heavy atom. The van der Waals surface area contributed by atoms with E-state index < -0.39 is 11.3 Å². The molecule has 4 nitrogen and oxygen atoms in total. The number of hydrogen-bond acceptors (Lipinski definition) is 3. The molecule has 1 heterocycles. The number of halogens is 2. The third-order valence-electron chi connectivity index (χ3n) is 3.07. The van der Waals surface area contributed by atoms with Gasteiger partial charge in [0.2, 0.25) is 0 Å². The van der Waals surface area contributed by atoms with Gasteiger partial charge in [-0.05, 0) is 52.7 Å². The molecule has 0 bridgehead atoms. The average Bonchev–Trinajstić information content (AvgIpc) is 2.40. The fourth-order valence-corrected chi connectivity index (χ4v) is 3.46. The topological polar surface area (TPSA) is 52.2 Å². The first-order chi connectivity index (χ1) is 9.97. The van der Waals surface area contributed by atoms with E-state index in [1.807, 2.05) is 13.0 Å². The molecule has 1 aromatic heterocycles. The lowest BCUT2D eigenvalue weighted by Gasteiger charge is -2.07. The van der Waals surface area contributed by atoms with Crippen LogP contribution >= 0.6 is 31.9 Å². The minimum absolute atomic E-state index is 0.247. The van der Waals surface area contributed by atoms with Crippen molar-refractivity contribution in [2.24, 2.45) is 0 Å². The van der Waals surface area contributed by atoms with E-state index in [1.54, 1.807) is 30.3 Å². The SMILES string of the molecule is Cc1cccc(-n2c(=O)oc3c(Br)cc(Br)cc3c2=O)c1. The molecule has 6 heteroatoms. The summed E-state index contributed by atoms with van der Waals surface area (Å²) in [6.07, 6.45) is 0. The van der Waals surface area contributed by atoms with E-state index in [1.165, 1.54) is 0 Å². The summed E-state index contributed by atoms with van der Waals surface area (Å²) in [5.41, 5.74) is 1.28. The van der Waals surface area contributed by atoms with Crippen molar-refractivity contribution < 1.29 is 4.42 Å². The van der Waals surface area contributed by atoms with E-state index in [2.05, 4.69) is 31.9 Å². The van der Waals surface area contributed by atoms with Gasteiger partial charge < -0.3 is 4.42 Å². The standard InChI is InChI=1S/C15H9Br2NO3/c1-8-3-2-4-10(5-8)18-14(19)11-6-9(16)7-12(17)13(11)21-15(18)20/h2-7H,1H3. The molecule has 0 amide bonds. The minimum Gasteiger partial charge on any atom is -0.408 e. The first kappa shape index (κ1) is 14.3. The van der Waals surface area contributed by atoms with E-state index in [0.29, 0.717) is 15.5 Å². The van der Waals surface area contributed by atoms with Gasteiger partial charge in [-0.1, -0.05) is 28.1 Å². The van der Waals surface area contributed by atoms with Crippen molar-refractivity contribution in [1.29, 1.82) is 0 Å². The number of benzene rings is 2. The van der Waals surface area contributed by atoms with E-state index in [-0.39, 0.29) is 5.58 Å². The number of nitrogens with zero attached hydrogens (tertiary/aromatic N) is 1. The number of hydrogen-bond donors (Lipinski definition) is 0. The molecule has 0 radical (unpaired) electrons. The number of rotatable bonds is 1. The molecule has 3 rings (SSSR count). The van der Waals surface area contributed by atoms with Crippen LogP contribution in [0.2, 0.25) is 0 Å². The number of aryl methyl sites for hydroxylation is 1. The van der Waals surface area contributed by atoms with Crippen LogP contribution in [-0.2, 0) is 0 Å². The highest BCUT2D eigenvalue weighted by Crippen LogP contribution is 2.25. The molecule has 21 heavy (non-hydrogen) atoms. The predicted octanol–water partition coefficient (Wildman–Crippen LogP) is 3.78. The highest BCUT2D eigenvalue weighted by Gasteiger charge is 2.14. The molecular weight excluding hydrogens is 402 g/mol. The van der Waals surface area contributed by atoms with Crippen molar-refractivity contribution in [3.63, 3.8) is 0 Å². The maximum Gasteiger partial charge on any atom is 0.427 e. The van der Waals surface area contributed by atoms with Crippen LogP contribution in [0.1, 0.15) is 5.56 Å². The molecule has 3 aromatic rings. The molecule has 0 atom stereocenters. The van der Waals surface area contributed by atoms with E-state index in [0.717, 1.165) is 14.6 Å². The number of aromatic nitrogens is 1. The highest BCUT2D eigenvalue weighted by molar-refractivity contribution is 9.11. The van der Waals surface area contributed by atoms with E-state index >= 15 is 0 Å². The Kier molecular flexibility index (Phi) is 3.59. The van der Waals surface area contributed by atoms with Gasteiger partial charge in [-0.15, -0.1) is 0 Å². The van der Waals surface area contributed by atoms with Crippen molar-refractivity contribution in [1.82, 2.24) is 4.57 Å². The Morgan fingerprint density at radius 2 is 1.86 bits per heavy atom. The molecule has 2 aromatic carbocycles. The molecular formula is C15H9Br2NO3. The fraction of sp³-hybridized carbons (Fsp3) is 0.0667. The summed E-state index contributed by atoms with van der Waals surface area (Å²) < 4.78 is 7.61. The first-order valence-corrected chi connectivity index (χ1v) is 7.68. The second kappa shape index (κ2) is 5.27. The zero-order valence-electron chi connectivity index (χ0n) is 10.9. The van der Waals surface area contributed by atoms with Crippen molar-refractivity contribution >= 4 is 42.8 Å². The molecule has 0 fully saturated rings. The highest BCUT2D eigenvalue weighted by atomic mass is 79.9. The van der Waals surface area contributed by atoms with Gasteiger partial charge >= 0.3 is 5.76 Å². The Hall–Kier alpha value is -1.66. The van der Waals surface area contributed by atoms with Crippen LogP contribution in [0.15, 0.2) is 59.3 Å². The second-order valence-electron chi connectivity index (χ2n) is 4.61. The van der Waals surface area contributed by atoms with Crippen molar-refractivity contribution in [2.45, 2.75) is 6.92 Å². The van der Waals surface area contributed by atoms with Gasteiger partial charge in [-0.25, -0.2) is 9.36 Å². The summed E-state index contributed by atoms with van der Waals surface area (Å²) in [5, 5.41) is 0.331. The molecule has 0 saturated heterocycles. The van der Waals surface area contributed by atoms with Gasteiger partial charge in [0.25, 0.3) is 5.56 Å². The molecule has 0 saturated carbocycles. The number of fused-ring (bicyclic) bond motifs is 1. The summed E-state index contributed by atoms with van der Waals surface area (Å²) in [5.74, 6) is -0.707. The average molecular weight is 411 g/mol. The molecule has 0 unspecified atom stereocenters. The maximum atomic E-state index is 12.6. The minimum atomic E-state index is -0.707. The lowest BCUT2D eigenvalue weighted by Crippen LogP contribution is -2.31. The molecule has 0 aliphatic rings. The lowest BCUT2D eigenvalue weighted by molar-refractivity contribution is 0.502. The molecule has 0 aliphatic carbocycles. The summed E-state index contributed by atoms with van der Waals surface area (Å²) in [4.78, 5) is 24.8. The van der Waals surface area contributed by atoms with Crippen molar-refractivity contribution in [3.05, 3.63) is 71.8 Å². The smallest absolute Gasteiger partial charge is 0.408 e.